The molecule has 156 valence electrons. The predicted octanol–water partition coefficient (Wildman–Crippen LogP) is 2.75. The SMILES string of the molecule is CSc1c(C#N)ccnc1N1C2CCC1CN(C(=O)c1cccnc1-n1cccn1)C2. The van der Waals surface area contributed by atoms with Gasteiger partial charge in [-0.15, -0.1) is 11.8 Å². The summed E-state index contributed by atoms with van der Waals surface area (Å²) in [6.45, 7) is 1.24. The van der Waals surface area contributed by atoms with Gasteiger partial charge < -0.3 is 9.80 Å². The van der Waals surface area contributed by atoms with Crippen molar-refractivity contribution in [1.29, 1.82) is 5.26 Å². The van der Waals surface area contributed by atoms with Crippen LogP contribution >= 0.6 is 11.8 Å². The maximum absolute atomic E-state index is 13.5. The fourth-order valence-electron chi connectivity index (χ4n) is 4.64. The number of nitrogens with zero attached hydrogens (tertiary/aromatic N) is 7. The minimum Gasteiger partial charge on any atom is -0.346 e. The maximum atomic E-state index is 13.5. The van der Waals surface area contributed by atoms with E-state index in [2.05, 4.69) is 26.0 Å². The zero-order chi connectivity index (χ0) is 21.4. The van der Waals surface area contributed by atoms with E-state index in [1.54, 1.807) is 53.4 Å². The number of amides is 1. The van der Waals surface area contributed by atoms with E-state index in [1.165, 1.54) is 0 Å². The van der Waals surface area contributed by atoms with Gasteiger partial charge >= 0.3 is 0 Å². The zero-order valence-electron chi connectivity index (χ0n) is 17.0. The molecule has 2 aliphatic rings. The third-order valence-corrected chi connectivity index (χ3v) is 6.77. The largest absolute Gasteiger partial charge is 0.346 e. The zero-order valence-corrected chi connectivity index (χ0v) is 17.9. The number of carbonyl (C=O) groups is 1. The number of anilines is 1. The Hall–Kier alpha value is -3.38. The number of pyridine rings is 2. The number of hydrogen-bond acceptors (Lipinski definition) is 7. The Labute approximate surface area is 184 Å². The van der Waals surface area contributed by atoms with Gasteiger partial charge in [-0.3, -0.25) is 4.79 Å². The molecule has 3 aromatic heterocycles. The van der Waals surface area contributed by atoms with E-state index in [0.29, 0.717) is 30.0 Å². The Kier molecular flexibility index (Phi) is 5.08. The molecule has 0 aliphatic carbocycles. The van der Waals surface area contributed by atoms with Crippen LogP contribution in [-0.4, -0.2) is 62.0 Å². The molecule has 1 amide bonds. The first-order valence-electron chi connectivity index (χ1n) is 10.2. The predicted molar refractivity (Wildman–Crippen MR) is 117 cm³/mol. The summed E-state index contributed by atoms with van der Waals surface area (Å²) in [4.78, 5) is 27.7. The molecule has 0 saturated carbocycles. The van der Waals surface area contributed by atoms with Crippen LogP contribution in [0.3, 0.4) is 0 Å². The van der Waals surface area contributed by atoms with Gasteiger partial charge in [0.2, 0.25) is 0 Å². The number of fused-ring (bicyclic) bond motifs is 2. The van der Waals surface area contributed by atoms with E-state index in [9.17, 15) is 10.1 Å². The number of nitriles is 1. The molecule has 2 bridgehead atoms. The first-order valence-corrected chi connectivity index (χ1v) is 11.4. The van der Waals surface area contributed by atoms with Crippen molar-refractivity contribution in [3.63, 3.8) is 0 Å². The molecular formula is C22H21N7OS. The highest BCUT2D eigenvalue weighted by molar-refractivity contribution is 7.98. The van der Waals surface area contributed by atoms with Crippen LogP contribution in [0.1, 0.15) is 28.8 Å². The summed E-state index contributed by atoms with van der Waals surface area (Å²) in [6.07, 6.45) is 10.8. The van der Waals surface area contributed by atoms with E-state index < -0.39 is 0 Å². The van der Waals surface area contributed by atoms with Crippen LogP contribution in [-0.2, 0) is 0 Å². The van der Waals surface area contributed by atoms with E-state index in [0.717, 1.165) is 23.6 Å². The molecule has 31 heavy (non-hydrogen) atoms. The summed E-state index contributed by atoms with van der Waals surface area (Å²) in [6, 6.07) is 9.81. The molecule has 0 N–H and O–H groups in total. The summed E-state index contributed by atoms with van der Waals surface area (Å²) in [5.74, 6) is 1.38. The van der Waals surface area contributed by atoms with Gasteiger partial charge in [-0.1, -0.05) is 0 Å². The number of thioether (sulfide) groups is 1. The first-order chi connectivity index (χ1) is 15.2. The Bertz CT molecular complexity index is 1140. The average Bonchev–Trinajstić information content (AvgIpc) is 3.44. The minimum atomic E-state index is -0.0287. The highest BCUT2D eigenvalue weighted by Gasteiger charge is 2.43. The number of piperazine rings is 1. The number of carbonyl (C=O) groups excluding carboxylic acids is 1. The summed E-state index contributed by atoms with van der Waals surface area (Å²) in [5.41, 5.74) is 1.20. The third kappa shape index (κ3) is 3.33. The molecule has 2 aliphatic heterocycles. The third-order valence-electron chi connectivity index (χ3n) is 5.96. The van der Waals surface area contributed by atoms with E-state index in [4.69, 9.17) is 0 Å². The van der Waals surface area contributed by atoms with Gasteiger partial charge in [-0.25, -0.2) is 14.6 Å². The number of likely N-dealkylation sites (tertiary alicyclic amines) is 1. The van der Waals surface area contributed by atoms with Gasteiger partial charge in [0.05, 0.1) is 16.0 Å². The number of aromatic nitrogens is 4. The first kappa shape index (κ1) is 19.6. The van der Waals surface area contributed by atoms with Gasteiger partial charge in [-0.05, 0) is 43.4 Å². The van der Waals surface area contributed by atoms with E-state index in [1.807, 2.05) is 23.3 Å². The molecule has 5 rings (SSSR count). The topological polar surface area (TPSA) is 90.9 Å². The standard InChI is InChI=1S/C22H21N7OS/c1-31-19-15(12-23)7-10-25-21(19)29-16-5-6-17(29)14-27(13-16)22(30)18-4-2-8-24-20(18)28-11-3-9-26-28/h2-4,7-11,16-17H,5-6,13-14H2,1H3. The summed E-state index contributed by atoms with van der Waals surface area (Å²) in [5, 5.41) is 13.7. The van der Waals surface area contributed by atoms with Crippen LogP contribution in [0, 0.1) is 11.3 Å². The summed E-state index contributed by atoms with van der Waals surface area (Å²) in [7, 11) is 0. The minimum absolute atomic E-state index is 0.0287. The van der Waals surface area contributed by atoms with E-state index in [-0.39, 0.29) is 18.0 Å². The molecule has 2 atom stereocenters. The smallest absolute Gasteiger partial charge is 0.257 e. The van der Waals surface area contributed by atoms with E-state index >= 15 is 0 Å². The molecule has 8 nitrogen and oxygen atoms in total. The second-order valence-electron chi connectivity index (χ2n) is 7.65. The Morgan fingerprint density at radius 1 is 1.10 bits per heavy atom. The second kappa shape index (κ2) is 8.04. The fraction of sp³-hybridized carbons (Fsp3) is 0.318. The molecule has 2 saturated heterocycles. The molecule has 3 aromatic rings. The van der Waals surface area contributed by atoms with Crippen molar-refractivity contribution in [3.05, 3.63) is 60.2 Å². The summed E-state index contributed by atoms with van der Waals surface area (Å²) < 4.78 is 1.63. The Morgan fingerprint density at radius 3 is 2.55 bits per heavy atom. The van der Waals surface area contributed by atoms with Crippen LogP contribution < -0.4 is 4.90 Å². The molecule has 2 fully saturated rings. The fourth-order valence-corrected chi connectivity index (χ4v) is 5.31. The molecule has 0 spiro atoms. The lowest BCUT2D eigenvalue weighted by molar-refractivity contribution is 0.0716. The van der Waals surface area contributed by atoms with Crippen molar-refractivity contribution in [2.24, 2.45) is 0 Å². The monoisotopic (exact) mass is 431 g/mol. The molecule has 9 heteroatoms. The van der Waals surface area contributed by atoms with Crippen LogP contribution in [0.2, 0.25) is 0 Å². The van der Waals surface area contributed by atoms with Crippen molar-refractivity contribution in [1.82, 2.24) is 24.6 Å². The molecule has 2 unspecified atom stereocenters. The highest BCUT2D eigenvalue weighted by Crippen LogP contribution is 2.39. The van der Waals surface area contributed by atoms with Crippen LogP contribution in [0.5, 0.6) is 0 Å². The second-order valence-corrected chi connectivity index (χ2v) is 8.47. The summed E-state index contributed by atoms with van der Waals surface area (Å²) >= 11 is 1.55. The highest BCUT2D eigenvalue weighted by atomic mass is 32.2. The quantitative estimate of drug-likeness (QED) is 0.587. The lowest BCUT2D eigenvalue weighted by Crippen LogP contribution is -2.56. The van der Waals surface area contributed by atoms with Crippen molar-refractivity contribution in [3.8, 4) is 11.9 Å². The van der Waals surface area contributed by atoms with Gasteiger partial charge in [0.25, 0.3) is 5.91 Å². The Balaban J connectivity index is 1.43. The van der Waals surface area contributed by atoms with Crippen LogP contribution in [0.25, 0.3) is 5.82 Å². The molecule has 0 aromatic carbocycles. The average molecular weight is 432 g/mol. The molecule has 5 heterocycles. The van der Waals surface area contributed by atoms with Crippen molar-refractivity contribution < 1.29 is 4.79 Å². The normalized spacial score (nSPS) is 20.0. The maximum Gasteiger partial charge on any atom is 0.257 e. The van der Waals surface area contributed by atoms with Gasteiger partial charge in [0.15, 0.2) is 5.82 Å². The Morgan fingerprint density at radius 2 is 1.87 bits per heavy atom. The number of hydrogen-bond donors (Lipinski definition) is 0. The lowest BCUT2D eigenvalue weighted by Gasteiger charge is -2.42. The molecule has 0 radical (unpaired) electrons. The van der Waals surface area contributed by atoms with Crippen molar-refractivity contribution in [2.45, 2.75) is 29.8 Å². The lowest BCUT2D eigenvalue weighted by atomic mass is 10.1. The molecular weight excluding hydrogens is 410 g/mol. The number of rotatable bonds is 4. The van der Waals surface area contributed by atoms with Gasteiger partial charge in [-0.2, -0.15) is 10.4 Å². The van der Waals surface area contributed by atoms with Crippen molar-refractivity contribution >= 4 is 23.5 Å². The van der Waals surface area contributed by atoms with Gasteiger partial charge in [0.1, 0.15) is 11.9 Å². The van der Waals surface area contributed by atoms with Crippen LogP contribution in [0.15, 0.2) is 53.9 Å². The van der Waals surface area contributed by atoms with Crippen LogP contribution in [0.4, 0.5) is 5.82 Å². The van der Waals surface area contributed by atoms with Gasteiger partial charge in [0, 0.05) is 50.0 Å². The van der Waals surface area contributed by atoms with Crippen molar-refractivity contribution in [2.75, 3.05) is 24.2 Å².